The fraction of sp³-hybridized carbons (Fsp3) is 0.429. The van der Waals surface area contributed by atoms with Gasteiger partial charge < -0.3 is 15.2 Å². The van der Waals surface area contributed by atoms with Crippen molar-refractivity contribution in [1.29, 1.82) is 0 Å². The molecule has 6 heteroatoms. The first-order chi connectivity index (χ1) is 9.56. The first-order valence-electron chi connectivity index (χ1n) is 6.50. The number of carboxylic acids is 1. The zero-order valence-electron chi connectivity index (χ0n) is 10.9. The van der Waals surface area contributed by atoms with Crippen LogP contribution in [0.5, 0.6) is 0 Å². The van der Waals surface area contributed by atoms with Gasteiger partial charge in [-0.25, -0.2) is 4.79 Å². The van der Waals surface area contributed by atoms with Gasteiger partial charge in [-0.05, 0) is 37.5 Å². The summed E-state index contributed by atoms with van der Waals surface area (Å²) in [5.41, 5.74) is 0.252. The number of rotatable bonds is 5. The van der Waals surface area contributed by atoms with Crippen molar-refractivity contribution in [3.05, 3.63) is 28.8 Å². The van der Waals surface area contributed by atoms with Crippen LogP contribution in [0.2, 0.25) is 5.02 Å². The zero-order valence-corrected chi connectivity index (χ0v) is 11.7. The van der Waals surface area contributed by atoms with Gasteiger partial charge in [0, 0.05) is 18.1 Å². The summed E-state index contributed by atoms with van der Waals surface area (Å²) in [5, 5.41) is 12.0. The lowest BCUT2D eigenvalue weighted by Gasteiger charge is -2.11. The zero-order chi connectivity index (χ0) is 14.5. The highest BCUT2D eigenvalue weighted by Gasteiger charge is 2.18. The van der Waals surface area contributed by atoms with Crippen molar-refractivity contribution in [3.8, 4) is 0 Å². The monoisotopic (exact) mass is 297 g/mol. The van der Waals surface area contributed by atoms with Gasteiger partial charge in [0.2, 0.25) is 5.91 Å². The molecule has 1 atom stereocenters. The van der Waals surface area contributed by atoms with E-state index in [0.717, 1.165) is 19.4 Å². The highest BCUT2D eigenvalue weighted by molar-refractivity contribution is 6.31. The minimum absolute atomic E-state index is 0.0111. The molecule has 0 aromatic heterocycles. The molecular formula is C14H16ClNO4. The number of aromatic carboxylic acids is 1. The van der Waals surface area contributed by atoms with Gasteiger partial charge in [0.15, 0.2) is 0 Å². The number of ether oxygens (including phenoxy) is 1. The number of carbonyl (C=O) groups is 2. The number of nitrogens with one attached hydrogen (secondary N) is 1. The second-order valence-electron chi connectivity index (χ2n) is 4.72. The number of benzene rings is 1. The van der Waals surface area contributed by atoms with E-state index in [1.165, 1.54) is 12.1 Å². The van der Waals surface area contributed by atoms with Crippen LogP contribution < -0.4 is 5.32 Å². The van der Waals surface area contributed by atoms with Crippen molar-refractivity contribution in [1.82, 2.24) is 0 Å². The van der Waals surface area contributed by atoms with Crippen LogP contribution in [0.1, 0.15) is 36.0 Å². The molecule has 1 aliphatic rings. The SMILES string of the molecule is O=C(CCC1CCCO1)Nc1ccc(Cl)cc1C(=O)O. The highest BCUT2D eigenvalue weighted by Crippen LogP contribution is 2.22. The van der Waals surface area contributed by atoms with Gasteiger partial charge in [-0.15, -0.1) is 0 Å². The summed E-state index contributed by atoms with van der Waals surface area (Å²) < 4.78 is 5.44. The molecule has 1 fully saturated rings. The fourth-order valence-corrected chi connectivity index (χ4v) is 2.35. The molecule has 1 aliphatic heterocycles. The van der Waals surface area contributed by atoms with Crippen LogP contribution in [-0.2, 0) is 9.53 Å². The minimum Gasteiger partial charge on any atom is -0.478 e. The van der Waals surface area contributed by atoms with Crippen LogP contribution in [0.3, 0.4) is 0 Å². The largest absolute Gasteiger partial charge is 0.478 e. The molecule has 2 rings (SSSR count). The second-order valence-corrected chi connectivity index (χ2v) is 5.15. The van der Waals surface area contributed by atoms with Crippen LogP contribution in [0.15, 0.2) is 18.2 Å². The molecule has 5 nitrogen and oxygen atoms in total. The molecule has 20 heavy (non-hydrogen) atoms. The predicted octanol–water partition coefficient (Wildman–Crippen LogP) is 2.94. The van der Waals surface area contributed by atoms with E-state index in [4.69, 9.17) is 21.4 Å². The summed E-state index contributed by atoms with van der Waals surface area (Å²) in [5.74, 6) is -1.34. The molecule has 1 heterocycles. The van der Waals surface area contributed by atoms with Crippen LogP contribution in [0.25, 0.3) is 0 Å². The van der Waals surface area contributed by atoms with Gasteiger partial charge in [0.25, 0.3) is 0 Å². The van der Waals surface area contributed by atoms with Crippen LogP contribution >= 0.6 is 11.6 Å². The second kappa shape index (κ2) is 6.72. The van der Waals surface area contributed by atoms with Gasteiger partial charge >= 0.3 is 5.97 Å². The maximum absolute atomic E-state index is 11.8. The van der Waals surface area contributed by atoms with E-state index in [-0.39, 0.29) is 23.3 Å². The topological polar surface area (TPSA) is 75.6 Å². The summed E-state index contributed by atoms with van der Waals surface area (Å²) in [6.07, 6.45) is 3.12. The standard InChI is InChI=1S/C14H16ClNO4/c15-9-3-5-12(11(8-9)14(18)19)16-13(17)6-4-10-2-1-7-20-10/h3,5,8,10H,1-2,4,6-7H2,(H,16,17)(H,18,19). The van der Waals surface area contributed by atoms with Gasteiger partial charge in [0.1, 0.15) is 0 Å². The van der Waals surface area contributed by atoms with Gasteiger partial charge in [-0.1, -0.05) is 11.6 Å². The van der Waals surface area contributed by atoms with Crippen molar-refractivity contribution in [3.63, 3.8) is 0 Å². The number of anilines is 1. The Kier molecular flexibility index (Phi) is 4.98. The van der Waals surface area contributed by atoms with E-state index in [2.05, 4.69) is 5.32 Å². The number of carboxylic acid groups (broad SMARTS) is 1. The molecule has 1 aromatic rings. The number of carbonyl (C=O) groups excluding carboxylic acids is 1. The Bertz CT molecular complexity index is 512. The molecule has 108 valence electrons. The average molecular weight is 298 g/mol. The average Bonchev–Trinajstić information content (AvgIpc) is 2.91. The normalized spacial score (nSPS) is 17.9. The number of halogens is 1. The molecule has 0 aliphatic carbocycles. The number of hydrogen-bond donors (Lipinski definition) is 2. The van der Waals surface area contributed by atoms with Crippen molar-refractivity contribution in [2.24, 2.45) is 0 Å². The lowest BCUT2D eigenvalue weighted by atomic mass is 10.1. The molecule has 1 unspecified atom stereocenters. The van der Waals surface area contributed by atoms with Crippen molar-refractivity contribution in [2.75, 3.05) is 11.9 Å². The number of hydrogen-bond acceptors (Lipinski definition) is 3. The highest BCUT2D eigenvalue weighted by atomic mass is 35.5. The summed E-state index contributed by atoms with van der Waals surface area (Å²) in [6.45, 7) is 0.757. The van der Waals surface area contributed by atoms with Crippen LogP contribution in [0.4, 0.5) is 5.69 Å². The summed E-state index contributed by atoms with van der Waals surface area (Å²) in [7, 11) is 0. The smallest absolute Gasteiger partial charge is 0.337 e. The maximum atomic E-state index is 11.8. The van der Waals surface area contributed by atoms with E-state index >= 15 is 0 Å². The van der Waals surface area contributed by atoms with E-state index in [9.17, 15) is 9.59 Å². The quantitative estimate of drug-likeness (QED) is 0.876. The lowest BCUT2D eigenvalue weighted by molar-refractivity contribution is -0.116. The van der Waals surface area contributed by atoms with Gasteiger partial charge in [-0.2, -0.15) is 0 Å². The molecule has 0 spiro atoms. The fourth-order valence-electron chi connectivity index (χ4n) is 2.18. The molecule has 1 aromatic carbocycles. The third-order valence-corrected chi connectivity index (χ3v) is 3.44. The molecular weight excluding hydrogens is 282 g/mol. The Morgan fingerprint density at radius 3 is 2.90 bits per heavy atom. The lowest BCUT2D eigenvalue weighted by Crippen LogP contribution is -2.17. The van der Waals surface area contributed by atoms with Crippen LogP contribution in [-0.4, -0.2) is 29.7 Å². The Morgan fingerprint density at radius 2 is 2.25 bits per heavy atom. The third kappa shape index (κ3) is 3.95. The number of amides is 1. The minimum atomic E-state index is -1.12. The first kappa shape index (κ1) is 14.8. The third-order valence-electron chi connectivity index (χ3n) is 3.20. The molecule has 1 saturated heterocycles. The summed E-state index contributed by atoms with van der Waals surface area (Å²) in [4.78, 5) is 22.9. The van der Waals surface area contributed by atoms with Crippen molar-refractivity contribution in [2.45, 2.75) is 31.8 Å². The Hall–Kier alpha value is -1.59. The Labute approximate surface area is 121 Å². The predicted molar refractivity (Wildman–Crippen MR) is 75.2 cm³/mol. The van der Waals surface area contributed by atoms with Crippen LogP contribution in [0, 0.1) is 0 Å². The molecule has 1 amide bonds. The van der Waals surface area contributed by atoms with E-state index in [1.807, 2.05) is 0 Å². The maximum Gasteiger partial charge on any atom is 0.337 e. The Balaban J connectivity index is 1.94. The Morgan fingerprint density at radius 1 is 1.45 bits per heavy atom. The summed E-state index contributed by atoms with van der Waals surface area (Å²) in [6, 6.07) is 4.36. The molecule has 2 N–H and O–H groups in total. The van der Waals surface area contributed by atoms with Crippen molar-refractivity contribution < 1.29 is 19.4 Å². The van der Waals surface area contributed by atoms with Crippen molar-refractivity contribution >= 4 is 29.2 Å². The molecule has 0 bridgehead atoms. The summed E-state index contributed by atoms with van der Waals surface area (Å²) >= 11 is 5.75. The van der Waals surface area contributed by atoms with Gasteiger partial charge in [-0.3, -0.25) is 4.79 Å². The first-order valence-corrected chi connectivity index (χ1v) is 6.88. The molecule has 0 radical (unpaired) electrons. The van der Waals surface area contributed by atoms with Gasteiger partial charge in [0.05, 0.1) is 17.4 Å². The van der Waals surface area contributed by atoms with E-state index < -0.39 is 5.97 Å². The van der Waals surface area contributed by atoms with E-state index in [1.54, 1.807) is 6.07 Å². The molecule has 0 saturated carbocycles. The van der Waals surface area contributed by atoms with E-state index in [0.29, 0.717) is 17.9 Å².